The van der Waals surface area contributed by atoms with E-state index in [4.69, 9.17) is 12.2 Å². The Morgan fingerprint density at radius 1 is 1.07 bits per heavy atom. The van der Waals surface area contributed by atoms with Crippen LogP contribution in [0.2, 0.25) is 0 Å². The SMILES string of the molecule is O=[N+]([O-])c1ccc(S(=O)(=O)c2cnc(NC(=S)Nc3ccccc3)s2)cc1. The van der Waals surface area contributed by atoms with E-state index in [2.05, 4.69) is 15.6 Å². The predicted octanol–water partition coefficient (Wildman–Crippen LogP) is 3.69. The molecule has 0 aliphatic carbocycles. The number of rotatable bonds is 5. The van der Waals surface area contributed by atoms with Gasteiger partial charge in [0.1, 0.15) is 4.21 Å². The van der Waals surface area contributed by atoms with Gasteiger partial charge in [0, 0.05) is 17.8 Å². The summed E-state index contributed by atoms with van der Waals surface area (Å²) < 4.78 is 25.3. The summed E-state index contributed by atoms with van der Waals surface area (Å²) >= 11 is 6.10. The molecule has 3 rings (SSSR count). The zero-order chi connectivity index (χ0) is 19.4. The molecular weight excluding hydrogens is 408 g/mol. The number of benzene rings is 2. The summed E-state index contributed by atoms with van der Waals surface area (Å²) in [5.41, 5.74) is 0.600. The molecule has 8 nitrogen and oxygen atoms in total. The third kappa shape index (κ3) is 4.45. The van der Waals surface area contributed by atoms with Crippen molar-refractivity contribution in [2.24, 2.45) is 0 Å². The fourth-order valence-corrected chi connectivity index (χ4v) is 4.80. The fourth-order valence-electron chi connectivity index (χ4n) is 2.09. The van der Waals surface area contributed by atoms with Crippen LogP contribution >= 0.6 is 23.6 Å². The van der Waals surface area contributed by atoms with Crippen molar-refractivity contribution in [1.29, 1.82) is 0 Å². The number of aromatic nitrogens is 1. The van der Waals surface area contributed by atoms with Crippen LogP contribution in [0.3, 0.4) is 0 Å². The zero-order valence-electron chi connectivity index (χ0n) is 13.5. The van der Waals surface area contributed by atoms with Crippen molar-refractivity contribution in [2.75, 3.05) is 10.6 Å². The van der Waals surface area contributed by atoms with Gasteiger partial charge in [0.05, 0.1) is 16.0 Å². The minimum atomic E-state index is -3.83. The number of sulfone groups is 1. The summed E-state index contributed by atoms with van der Waals surface area (Å²) in [7, 11) is -3.83. The average Bonchev–Trinajstić information content (AvgIpc) is 3.11. The molecule has 2 N–H and O–H groups in total. The first-order valence-electron chi connectivity index (χ1n) is 7.45. The lowest BCUT2D eigenvalue weighted by atomic mass is 10.3. The van der Waals surface area contributed by atoms with Crippen molar-refractivity contribution in [2.45, 2.75) is 9.10 Å². The van der Waals surface area contributed by atoms with Gasteiger partial charge < -0.3 is 10.6 Å². The highest BCUT2D eigenvalue weighted by atomic mass is 32.2. The van der Waals surface area contributed by atoms with Crippen LogP contribution in [0.5, 0.6) is 0 Å². The first kappa shape index (κ1) is 18.9. The summed E-state index contributed by atoms with van der Waals surface area (Å²) in [6.07, 6.45) is 1.22. The molecule has 11 heteroatoms. The lowest BCUT2D eigenvalue weighted by molar-refractivity contribution is -0.384. The normalized spacial score (nSPS) is 11.0. The summed E-state index contributed by atoms with van der Waals surface area (Å²) in [4.78, 5) is 14.1. The number of thiazole rings is 1. The van der Waals surface area contributed by atoms with Crippen molar-refractivity contribution < 1.29 is 13.3 Å². The molecule has 1 heterocycles. The molecule has 1 aromatic heterocycles. The van der Waals surface area contributed by atoms with Crippen molar-refractivity contribution in [3.05, 3.63) is 70.9 Å². The number of hydrogen-bond acceptors (Lipinski definition) is 7. The van der Waals surface area contributed by atoms with Gasteiger partial charge >= 0.3 is 0 Å². The standard InChI is InChI=1S/C16H12N4O4S3/c21-20(22)12-6-8-13(9-7-12)27(23,24)14-10-17-16(26-14)19-15(25)18-11-4-2-1-3-5-11/h1-10H,(H2,17,18,19,25). The Bertz CT molecular complexity index is 1080. The van der Waals surface area contributed by atoms with E-state index in [0.29, 0.717) is 5.13 Å². The highest BCUT2D eigenvalue weighted by Gasteiger charge is 2.22. The highest BCUT2D eigenvalue weighted by molar-refractivity contribution is 7.93. The molecule has 0 aliphatic heterocycles. The highest BCUT2D eigenvalue weighted by Crippen LogP contribution is 2.29. The number of hydrogen-bond donors (Lipinski definition) is 2. The maximum atomic E-state index is 12.6. The zero-order valence-corrected chi connectivity index (χ0v) is 16.0. The lowest BCUT2D eigenvalue weighted by Crippen LogP contribution is -2.18. The van der Waals surface area contributed by atoms with Gasteiger partial charge in [-0.1, -0.05) is 29.5 Å². The quantitative estimate of drug-likeness (QED) is 0.365. The van der Waals surface area contributed by atoms with Gasteiger partial charge in [-0.2, -0.15) is 0 Å². The Morgan fingerprint density at radius 3 is 2.37 bits per heavy atom. The molecule has 2 aromatic carbocycles. The van der Waals surface area contributed by atoms with Gasteiger partial charge in [0.15, 0.2) is 10.2 Å². The Morgan fingerprint density at radius 2 is 1.74 bits per heavy atom. The Kier molecular flexibility index (Phi) is 5.44. The molecule has 0 radical (unpaired) electrons. The summed E-state index contributed by atoms with van der Waals surface area (Å²) in [5, 5.41) is 17.1. The van der Waals surface area contributed by atoms with E-state index in [9.17, 15) is 18.5 Å². The first-order valence-corrected chi connectivity index (χ1v) is 10.2. The van der Waals surface area contributed by atoms with Gasteiger partial charge in [-0.15, -0.1) is 0 Å². The van der Waals surface area contributed by atoms with Crippen molar-refractivity contribution in [3.8, 4) is 0 Å². The molecule has 27 heavy (non-hydrogen) atoms. The second-order valence-electron chi connectivity index (χ2n) is 5.18. The molecule has 0 saturated heterocycles. The van der Waals surface area contributed by atoms with Crippen LogP contribution < -0.4 is 10.6 Å². The molecular formula is C16H12N4O4S3. The van der Waals surface area contributed by atoms with Crippen LogP contribution in [-0.2, 0) is 9.84 Å². The van der Waals surface area contributed by atoms with E-state index >= 15 is 0 Å². The number of nitro groups is 1. The number of non-ortho nitro benzene ring substituents is 1. The first-order chi connectivity index (χ1) is 12.9. The van der Waals surface area contributed by atoms with Crippen LogP contribution in [0.4, 0.5) is 16.5 Å². The van der Waals surface area contributed by atoms with Crippen LogP contribution in [0.25, 0.3) is 0 Å². The van der Waals surface area contributed by atoms with Crippen molar-refractivity contribution in [3.63, 3.8) is 0 Å². The average molecular weight is 420 g/mol. The number of thiocarbonyl (C=S) groups is 1. The minimum absolute atomic E-state index is 0.00126. The molecule has 138 valence electrons. The molecule has 0 fully saturated rings. The third-order valence-electron chi connectivity index (χ3n) is 3.36. The maximum absolute atomic E-state index is 12.6. The smallest absolute Gasteiger partial charge is 0.269 e. The second kappa shape index (κ2) is 7.78. The predicted molar refractivity (Wildman–Crippen MR) is 107 cm³/mol. The van der Waals surface area contributed by atoms with E-state index in [0.717, 1.165) is 29.2 Å². The summed E-state index contributed by atoms with van der Waals surface area (Å²) in [5.74, 6) is 0. The van der Waals surface area contributed by atoms with E-state index in [1.807, 2.05) is 30.3 Å². The van der Waals surface area contributed by atoms with E-state index in [1.165, 1.54) is 18.3 Å². The molecule has 0 atom stereocenters. The van der Waals surface area contributed by atoms with Crippen molar-refractivity contribution in [1.82, 2.24) is 4.98 Å². The Hall–Kier alpha value is -2.89. The topological polar surface area (TPSA) is 114 Å². The number of nitrogens with zero attached hydrogens (tertiary/aromatic N) is 2. The van der Waals surface area contributed by atoms with E-state index < -0.39 is 14.8 Å². The third-order valence-corrected chi connectivity index (χ3v) is 6.71. The number of nitro benzene ring substituents is 1. The van der Waals surface area contributed by atoms with Crippen LogP contribution in [0.1, 0.15) is 0 Å². The van der Waals surface area contributed by atoms with Crippen LogP contribution in [0, 0.1) is 10.1 Å². The van der Waals surface area contributed by atoms with E-state index in [-0.39, 0.29) is 19.9 Å². The van der Waals surface area contributed by atoms with Gasteiger partial charge in [0.25, 0.3) is 5.69 Å². The second-order valence-corrected chi connectivity index (χ2v) is 8.80. The van der Waals surface area contributed by atoms with Gasteiger partial charge in [0.2, 0.25) is 9.84 Å². The molecule has 3 aromatic rings. The molecule has 0 saturated carbocycles. The lowest BCUT2D eigenvalue weighted by Gasteiger charge is -2.07. The fraction of sp³-hybridized carbons (Fsp3) is 0. The van der Waals surface area contributed by atoms with Crippen molar-refractivity contribution >= 4 is 55.0 Å². The van der Waals surface area contributed by atoms with Crippen LogP contribution in [-0.4, -0.2) is 23.4 Å². The summed E-state index contributed by atoms with van der Waals surface area (Å²) in [6.45, 7) is 0. The number of nitrogens with one attached hydrogen (secondary N) is 2. The Balaban J connectivity index is 1.74. The monoisotopic (exact) mass is 420 g/mol. The van der Waals surface area contributed by atoms with Gasteiger partial charge in [-0.25, -0.2) is 13.4 Å². The molecule has 0 bridgehead atoms. The summed E-state index contributed by atoms with van der Waals surface area (Å²) in [6, 6.07) is 13.9. The maximum Gasteiger partial charge on any atom is 0.269 e. The minimum Gasteiger partial charge on any atom is -0.332 e. The number of anilines is 2. The molecule has 0 amide bonds. The largest absolute Gasteiger partial charge is 0.332 e. The van der Waals surface area contributed by atoms with E-state index in [1.54, 1.807) is 0 Å². The van der Waals surface area contributed by atoms with Gasteiger partial charge in [-0.3, -0.25) is 10.1 Å². The Labute approximate surface area is 164 Å². The molecule has 0 unspecified atom stereocenters. The molecule has 0 aliphatic rings. The number of para-hydroxylation sites is 1. The van der Waals surface area contributed by atoms with Gasteiger partial charge in [-0.05, 0) is 36.5 Å². The molecule has 0 spiro atoms. The van der Waals surface area contributed by atoms with Crippen LogP contribution in [0.15, 0.2) is 69.9 Å².